The van der Waals surface area contributed by atoms with Gasteiger partial charge >= 0.3 is 0 Å². The summed E-state index contributed by atoms with van der Waals surface area (Å²) in [6.45, 7) is 0. The summed E-state index contributed by atoms with van der Waals surface area (Å²) in [6, 6.07) is 0. The van der Waals surface area contributed by atoms with Crippen molar-refractivity contribution < 1.29 is 0 Å². The third-order valence-electron chi connectivity index (χ3n) is 2.28. The summed E-state index contributed by atoms with van der Waals surface area (Å²) in [5.74, 6) is 1.01. The van der Waals surface area contributed by atoms with Crippen LogP contribution < -0.4 is 0 Å². The van der Waals surface area contributed by atoms with Gasteiger partial charge in [0.1, 0.15) is 0 Å². The molecule has 1 heteroatoms. The largest absolute Gasteiger partial charge is 0.0782 e. The summed E-state index contributed by atoms with van der Waals surface area (Å²) in [5.41, 5.74) is 0. The van der Waals surface area contributed by atoms with Crippen LogP contribution in [0.5, 0.6) is 0 Å². The lowest BCUT2D eigenvalue weighted by Gasteiger charge is -2.19. The molecule has 58 valence electrons. The van der Waals surface area contributed by atoms with Gasteiger partial charge in [-0.3, -0.25) is 0 Å². The molecule has 1 aliphatic rings. The Morgan fingerprint density at radius 2 is 1.90 bits per heavy atom. The molecule has 1 saturated carbocycles. The van der Waals surface area contributed by atoms with Gasteiger partial charge in [0, 0.05) is 0 Å². The van der Waals surface area contributed by atoms with Gasteiger partial charge in [-0.2, -0.15) is 0 Å². The first-order chi connectivity index (χ1) is 4.93. The molecular formula is C9H15I. The summed E-state index contributed by atoms with van der Waals surface area (Å²) in [5, 5.41) is 0. The Morgan fingerprint density at radius 1 is 1.20 bits per heavy atom. The van der Waals surface area contributed by atoms with Crippen LogP contribution in [0.4, 0.5) is 0 Å². The fourth-order valence-corrected chi connectivity index (χ4v) is 1.96. The van der Waals surface area contributed by atoms with E-state index in [1.807, 2.05) is 0 Å². The molecule has 1 rings (SSSR count). The first kappa shape index (κ1) is 8.57. The van der Waals surface area contributed by atoms with Gasteiger partial charge in [0.25, 0.3) is 0 Å². The van der Waals surface area contributed by atoms with Crippen molar-refractivity contribution in [2.24, 2.45) is 5.92 Å². The molecule has 0 bridgehead atoms. The van der Waals surface area contributed by atoms with E-state index in [1.165, 1.54) is 38.5 Å². The monoisotopic (exact) mass is 250 g/mol. The Hall–Kier alpha value is 0.470. The van der Waals surface area contributed by atoms with Gasteiger partial charge in [-0.1, -0.05) is 60.8 Å². The lowest BCUT2D eigenvalue weighted by Crippen LogP contribution is -2.04. The van der Waals surface area contributed by atoms with E-state index in [0.717, 1.165) is 5.92 Å². The van der Waals surface area contributed by atoms with Crippen LogP contribution in [0.15, 0.2) is 10.2 Å². The van der Waals surface area contributed by atoms with E-state index in [1.54, 1.807) is 0 Å². The fourth-order valence-electron chi connectivity index (χ4n) is 1.67. The first-order valence-corrected chi connectivity index (χ1v) is 5.43. The minimum atomic E-state index is 1.01. The van der Waals surface area contributed by atoms with Gasteiger partial charge in [-0.25, -0.2) is 0 Å². The first-order valence-electron chi connectivity index (χ1n) is 4.18. The summed E-state index contributed by atoms with van der Waals surface area (Å²) in [4.78, 5) is 0. The summed E-state index contributed by atoms with van der Waals surface area (Å²) in [7, 11) is 0. The van der Waals surface area contributed by atoms with Crippen LogP contribution in [0, 0.1) is 5.92 Å². The van der Waals surface area contributed by atoms with Crippen LogP contribution >= 0.6 is 22.6 Å². The van der Waals surface area contributed by atoms with Crippen molar-refractivity contribution in [3.8, 4) is 0 Å². The van der Waals surface area contributed by atoms with Gasteiger partial charge in [0.2, 0.25) is 0 Å². The Kier molecular flexibility index (Phi) is 4.42. The minimum absolute atomic E-state index is 1.01. The van der Waals surface area contributed by atoms with Gasteiger partial charge in [-0.15, -0.1) is 0 Å². The molecule has 0 aliphatic heterocycles. The van der Waals surface area contributed by atoms with E-state index >= 15 is 0 Å². The van der Waals surface area contributed by atoms with Crippen LogP contribution in [-0.4, -0.2) is 0 Å². The number of halogens is 1. The topological polar surface area (TPSA) is 0 Å². The Balaban J connectivity index is 2.13. The van der Waals surface area contributed by atoms with E-state index in [9.17, 15) is 0 Å². The molecule has 0 unspecified atom stereocenters. The molecule has 0 amide bonds. The Morgan fingerprint density at radius 3 is 2.50 bits per heavy atom. The van der Waals surface area contributed by atoms with Crippen LogP contribution in [0.3, 0.4) is 0 Å². The number of rotatable bonds is 2. The van der Waals surface area contributed by atoms with Gasteiger partial charge in [0.15, 0.2) is 0 Å². The second-order valence-electron chi connectivity index (χ2n) is 3.10. The highest BCUT2D eigenvalue weighted by Gasteiger charge is 2.10. The zero-order chi connectivity index (χ0) is 7.23. The molecule has 1 aliphatic carbocycles. The highest BCUT2D eigenvalue weighted by atomic mass is 127. The van der Waals surface area contributed by atoms with E-state index in [0.29, 0.717) is 0 Å². The van der Waals surface area contributed by atoms with Crippen LogP contribution in [0.2, 0.25) is 0 Å². The number of hydrogen-bond donors (Lipinski definition) is 0. The minimum Gasteiger partial charge on any atom is -0.0782 e. The molecule has 0 atom stereocenters. The van der Waals surface area contributed by atoms with Crippen LogP contribution in [-0.2, 0) is 0 Å². The molecule has 0 saturated heterocycles. The SMILES string of the molecule is IC=CCC1CCCCC1. The van der Waals surface area contributed by atoms with Gasteiger partial charge in [0.05, 0.1) is 0 Å². The van der Waals surface area contributed by atoms with E-state index in [4.69, 9.17) is 0 Å². The van der Waals surface area contributed by atoms with Gasteiger partial charge < -0.3 is 0 Å². The zero-order valence-corrected chi connectivity index (χ0v) is 8.51. The van der Waals surface area contributed by atoms with E-state index < -0.39 is 0 Å². The Labute approximate surface area is 77.2 Å². The molecule has 0 heterocycles. The normalized spacial score (nSPS) is 22.1. The smallest absolute Gasteiger partial charge is 0.0274 e. The maximum absolute atomic E-state index is 2.30. The van der Waals surface area contributed by atoms with Crippen molar-refractivity contribution in [1.29, 1.82) is 0 Å². The van der Waals surface area contributed by atoms with Crippen molar-refractivity contribution in [3.05, 3.63) is 10.2 Å². The molecule has 0 spiro atoms. The molecule has 0 aromatic carbocycles. The van der Waals surface area contributed by atoms with Crippen LogP contribution in [0.25, 0.3) is 0 Å². The van der Waals surface area contributed by atoms with Crippen molar-refractivity contribution in [2.75, 3.05) is 0 Å². The van der Waals surface area contributed by atoms with Crippen molar-refractivity contribution in [2.45, 2.75) is 38.5 Å². The predicted molar refractivity (Wildman–Crippen MR) is 54.4 cm³/mol. The quantitative estimate of drug-likeness (QED) is 0.652. The lowest BCUT2D eigenvalue weighted by atomic mass is 9.87. The number of allylic oxidation sites excluding steroid dienone is 1. The molecule has 1 fully saturated rings. The van der Waals surface area contributed by atoms with Crippen molar-refractivity contribution in [3.63, 3.8) is 0 Å². The second kappa shape index (κ2) is 5.16. The third-order valence-corrected chi connectivity index (χ3v) is 2.79. The lowest BCUT2D eigenvalue weighted by molar-refractivity contribution is 0.361. The molecular weight excluding hydrogens is 235 g/mol. The highest BCUT2D eigenvalue weighted by Crippen LogP contribution is 2.26. The van der Waals surface area contributed by atoms with Crippen molar-refractivity contribution in [1.82, 2.24) is 0 Å². The molecule has 0 aromatic rings. The Bertz CT molecular complexity index is 101. The second-order valence-corrected chi connectivity index (χ2v) is 3.82. The van der Waals surface area contributed by atoms with E-state index in [-0.39, 0.29) is 0 Å². The molecule has 10 heavy (non-hydrogen) atoms. The maximum atomic E-state index is 2.30. The zero-order valence-electron chi connectivity index (χ0n) is 6.35. The highest BCUT2D eigenvalue weighted by molar-refractivity contribution is 14.1. The average molecular weight is 250 g/mol. The predicted octanol–water partition coefficient (Wildman–Crippen LogP) is 3.91. The summed E-state index contributed by atoms with van der Waals surface area (Å²) in [6.07, 6.45) is 11.0. The van der Waals surface area contributed by atoms with Gasteiger partial charge in [-0.05, 0) is 16.4 Å². The standard InChI is InChI=1S/C9H15I/c10-8-4-7-9-5-2-1-3-6-9/h4,8-9H,1-3,5-7H2. The molecule has 0 nitrogen and oxygen atoms in total. The van der Waals surface area contributed by atoms with Crippen molar-refractivity contribution >= 4 is 22.6 Å². The summed E-state index contributed by atoms with van der Waals surface area (Å²) < 4.78 is 2.15. The average Bonchev–Trinajstić information content (AvgIpc) is 2.03. The number of hydrogen-bond acceptors (Lipinski definition) is 0. The maximum Gasteiger partial charge on any atom is -0.0274 e. The van der Waals surface area contributed by atoms with E-state index in [2.05, 4.69) is 32.7 Å². The third kappa shape index (κ3) is 3.04. The summed E-state index contributed by atoms with van der Waals surface area (Å²) >= 11 is 2.30. The molecule has 0 aromatic heterocycles. The fraction of sp³-hybridized carbons (Fsp3) is 0.778. The molecule has 0 N–H and O–H groups in total. The molecule has 0 radical (unpaired) electrons. The van der Waals surface area contributed by atoms with Crippen LogP contribution in [0.1, 0.15) is 38.5 Å².